The maximum absolute atomic E-state index is 13.3. The van der Waals surface area contributed by atoms with Gasteiger partial charge in [0.05, 0.1) is 11.7 Å². The maximum Gasteiger partial charge on any atom is 0.290 e. The van der Waals surface area contributed by atoms with Gasteiger partial charge in [0.2, 0.25) is 11.8 Å². The lowest BCUT2D eigenvalue weighted by Gasteiger charge is -2.27. The molecular weight excluding hydrogens is 421 g/mol. The molecule has 1 rings (SSSR count). The minimum absolute atomic E-state index is 0.177. The van der Waals surface area contributed by atoms with Gasteiger partial charge < -0.3 is 21.1 Å². The van der Waals surface area contributed by atoms with Crippen LogP contribution in [0, 0.1) is 17.7 Å². The Labute approximate surface area is 187 Å². The third-order valence-corrected chi connectivity index (χ3v) is 4.47. The van der Waals surface area contributed by atoms with E-state index in [-0.39, 0.29) is 24.2 Å². The fourth-order valence-corrected chi connectivity index (χ4v) is 2.50. The van der Waals surface area contributed by atoms with Gasteiger partial charge in [0.15, 0.2) is 0 Å². The van der Waals surface area contributed by atoms with Gasteiger partial charge in [0.25, 0.3) is 12.4 Å². The lowest BCUT2D eigenvalue weighted by Crippen LogP contribution is -2.58. The Kier molecular flexibility index (Phi) is 13.3. The zero-order valence-electron chi connectivity index (χ0n) is 19.2. The Balaban J connectivity index is 0.00000302. The monoisotopic (exact) mass is 455 g/mol. The first-order chi connectivity index (χ1) is 15.0. The third-order valence-electron chi connectivity index (χ3n) is 4.47. The molecule has 0 aliphatic carbocycles. The second-order valence-corrected chi connectivity index (χ2v) is 7.70. The maximum atomic E-state index is 13.3. The number of carbonyl (C=O) groups is 4. The van der Waals surface area contributed by atoms with Crippen LogP contribution in [0.3, 0.4) is 0 Å². The van der Waals surface area contributed by atoms with E-state index in [9.17, 15) is 18.8 Å². The zero-order chi connectivity index (χ0) is 24.8. The number of hydrazine groups is 1. The Morgan fingerprint density at radius 3 is 1.91 bits per heavy atom. The van der Waals surface area contributed by atoms with E-state index in [1.165, 1.54) is 18.2 Å². The highest BCUT2D eigenvalue weighted by Crippen LogP contribution is 2.09. The second-order valence-electron chi connectivity index (χ2n) is 7.70. The number of amides is 3. The Morgan fingerprint density at radius 1 is 0.938 bits per heavy atom. The molecule has 0 radical (unpaired) electrons. The number of carboxylic acid groups (broad SMARTS) is 1. The van der Waals surface area contributed by atoms with Crippen LogP contribution in [-0.2, 0) is 19.2 Å². The molecule has 0 aliphatic rings. The summed E-state index contributed by atoms with van der Waals surface area (Å²) in [7, 11) is 1.65. The van der Waals surface area contributed by atoms with Crippen LogP contribution in [0.25, 0.3) is 0 Å². The second kappa shape index (κ2) is 14.7. The number of hydrogen-bond acceptors (Lipinski definition) is 6. The first-order valence-electron chi connectivity index (χ1n) is 10.2. The molecule has 10 nitrogen and oxygen atoms in total. The van der Waals surface area contributed by atoms with E-state index >= 15 is 0 Å². The fourth-order valence-electron chi connectivity index (χ4n) is 2.50. The molecule has 0 unspecified atom stereocenters. The van der Waals surface area contributed by atoms with Gasteiger partial charge in [-0.1, -0.05) is 33.8 Å². The van der Waals surface area contributed by atoms with Gasteiger partial charge in [-0.15, -0.1) is 0 Å². The molecule has 3 amide bonds. The number of anilines is 1. The summed E-state index contributed by atoms with van der Waals surface area (Å²) in [6, 6.07) is 3.54. The number of carbonyl (C=O) groups excluding carboxylic acids is 3. The zero-order valence-corrected chi connectivity index (χ0v) is 19.2. The number of likely N-dealkylation sites (N-methyl/N-ethyl adjacent to an activating group) is 1. The van der Waals surface area contributed by atoms with E-state index in [2.05, 4.69) is 26.8 Å². The predicted molar refractivity (Wildman–Crippen MR) is 119 cm³/mol. The van der Waals surface area contributed by atoms with Crippen molar-refractivity contribution >= 4 is 29.9 Å². The SMILES string of the molecule is CN[C@@H](C)C(=O)N[C@H](C(=O)N[C@H](C(=O)NNc1cccc(F)c1)C(C)C)C(C)C.O=CO. The number of rotatable bonds is 10. The standard InChI is InChI=1S/C20H32FN5O3.CH2O2/c1-11(2)16(23-18(27)13(5)22-6)19(28)24-17(12(3)4)20(29)26-25-15-9-7-8-14(21)10-15;2-1-3/h7-13,16-17,22,25H,1-6H3,(H,23,27)(H,24,28)(H,26,29);1H,(H,2,3)/t13-,16-,17-;/m0./s1. The summed E-state index contributed by atoms with van der Waals surface area (Å²) in [5.74, 6) is -2.06. The van der Waals surface area contributed by atoms with Gasteiger partial charge in [-0.2, -0.15) is 0 Å². The molecule has 180 valence electrons. The molecule has 0 saturated heterocycles. The van der Waals surface area contributed by atoms with Crippen LogP contribution in [0.1, 0.15) is 34.6 Å². The number of hydrogen-bond donors (Lipinski definition) is 6. The Bertz CT molecular complexity index is 760. The molecule has 0 spiro atoms. The quantitative estimate of drug-likeness (QED) is 0.226. The van der Waals surface area contributed by atoms with Crippen molar-refractivity contribution in [3.63, 3.8) is 0 Å². The number of nitrogens with one attached hydrogen (secondary N) is 5. The van der Waals surface area contributed by atoms with Gasteiger partial charge in [-0.25, -0.2) is 4.39 Å². The van der Waals surface area contributed by atoms with Crippen LogP contribution in [-0.4, -0.2) is 54.5 Å². The minimum atomic E-state index is -0.844. The summed E-state index contributed by atoms with van der Waals surface area (Å²) in [4.78, 5) is 45.9. The van der Waals surface area contributed by atoms with Crippen molar-refractivity contribution in [2.45, 2.75) is 52.7 Å². The molecule has 0 aromatic heterocycles. The van der Waals surface area contributed by atoms with Crippen molar-refractivity contribution in [3.8, 4) is 0 Å². The third kappa shape index (κ3) is 10.2. The van der Waals surface area contributed by atoms with E-state index in [1.807, 2.05) is 13.8 Å². The average Bonchev–Trinajstić information content (AvgIpc) is 2.73. The smallest absolute Gasteiger partial charge is 0.290 e. The first-order valence-corrected chi connectivity index (χ1v) is 10.2. The predicted octanol–water partition coefficient (Wildman–Crippen LogP) is 0.859. The molecule has 0 fully saturated rings. The molecular formula is C21H34FN5O5. The van der Waals surface area contributed by atoms with Gasteiger partial charge in [0.1, 0.15) is 17.9 Å². The fraction of sp³-hybridized carbons (Fsp3) is 0.524. The molecule has 0 aliphatic heterocycles. The summed E-state index contributed by atoms with van der Waals surface area (Å²) in [6.07, 6.45) is 0. The molecule has 0 heterocycles. The highest BCUT2D eigenvalue weighted by molar-refractivity contribution is 5.93. The first kappa shape index (κ1) is 28.8. The molecule has 0 saturated carbocycles. The highest BCUT2D eigenvalue weighted by Gasteiger charge is 2.31. The van der Waals surface area contributed by atoms with Crippen molar-refractivity contribution in [1.82, 2.24) is 21.4 Å². The lowest BCUT2D eigenvalue weighted by molar-refractivity contribution is -0.133. The highest BCUT2D eigenvalue weighted by atomic mass is 19.1. The molecule has 1 aromatic rings. The molecule has 3 atom stereocenters. The summed E-state index contributed by atoms with van der Waals surface area (Å²) >= 11 is 0. The minimum Gasteiger partial charge on any atom is -0.483 e. The van der Waals surface area contributed by atoms with Crippen LogP contribution >= 0.6 is 0 Å². The van der Waals surface area contributed by atoms with Crippen molar-refractivity contribution in [2.75, 3.05) is 12.5 Å². The molecule has 6 N–H and O–H groups in total. The Morgan fingerprint density at radius 2 is 1.44 bits per heavy atom. The number of halogens is 1. The molecule has 11 heteroatoms. The van der Waals surface area contributed by atoms with E-state index in [0.717, 1.165) is 0 Å². The van der Waals surface area contributed by atoms with Gasteiger partial charge >= 0.3 is 0 Å². The van der Waals surface area contributed by atoms with Gasteiger partial charge in [-0.3, -0.25) is 30.0 Å². The summed E-state index contributed by atoms with van der Waals surface area (Å²) in [5.41, 5.74) is 5.49. The summed E-state index contributed by atoms with van der Waals surface area (Å²) in [5, 5.41) is 15.1. The largest absolute Gasteiger partial charge is 0.483 e. The van der Waals surface area contributed by atoms with Crippen LogP contribution in [0.15, 0.2) is 24.3 Å². The van der Waals surface area contributed by atoms with Crippen LogP contribution in [0.2, 0.25) is 0 Å². The Hall–Kier alpha value is -3.21. The average molecular weight is 456 g/mol. The van der Waals surface area contributed by atoms with E-state index in [4.69, 9.17) is 9.90 Å². The summed E-state index contributed by atoms with van der Waals surface area (Å²) in [6.45, 7) is 8.64. The van der Waals surface area contributed by atoms with Crippen molar-refractivity contribution in [3.05, 3.63) is 30.1 Å². The molecule has 32 heavy (non-hydrogen) atoms. The van der Waals surface area contributed by atoms with Crippen LogP contribution < -0.4 is 26.8 Å². The van der Waals surface area contributed by atoms with Gasteiger partial charge in [-0.05, 0) is 44.0 Å². The van der Waals surface area contributed by atoms with E-state index in [0.29, 0.717) is 5.69 Å². The van der Waals surface area contributed by atoms with Gasteiger partial charge in [0, 0.05) is 0 Å². The topological polar surface area (TPSA) is 149 Å². The molecule has 0 bridgehead atoms. The lowest BCUT2D eigenvalue weighted by atomic mass is 9.99. The van der Waals surface area contributed by atoms with Crippen molar-refractivity contribution in [2.24, 2.45) is 11.8 Å². The number of benzene rings is 1. The van der Waals surface area contributed by atoms with Crippen molar-refractivity contribution < 1.29 is 28.7 Å². The van der Waals surface area contributed by atoms with Crippen molar-refractivity contribution in [1.29, 1.82) is 0 Å². The normalized spacial score (nSPS) is 13.2. The van der Waals surface area contributed by atoms with Crippen LogP contribution in [0.4, 0.5) is 10.1 Å². The van der Waals surface area contributed by atoms with E-state index < -0.39 is 35.8 Å². The van der Waals surface area contributed by atoms with Crippen LogP contribution in [0.5, 0.6) is 0 Å². The van der Waals surface area contributed by atoms with E-state index in [1.54, 1.807) is 33.9 Å². The summed E-state index contributed by atoms with van der Waals surface area (Å²) < 4.78 is 13.3. The molecule has 1 aromatic carbocycles.